The Morgan fingerprint density at radius 1 is 1.10 bits per heavy atom. The number of benzene rings is 2. The highest BCUT2D eigenvalue weighted by molar-refractivity contribution is 6.30. The number of nitrogens with zero attached hydrogens (tertiary/aromatic N) is 1. The van der Waals surface area contributed by atoms with Crippen LogP contribution in [0.5, 0.6) is 0 Å². The third-order valence-electron chi connectivity index (χ3n) is 6.49. The van der Waals surface area contributed by atoms with Gasteiger partial charge in [-0.1, -0.05) is 60.2 Å². The van der Waals surface area contributed by atoms with Crippen molar-refractivity contribution in [3.05, 3.63) is 76.3 Å². The van der Waals surface area contributed by atoms with Crippen LogP contribution in [-0.2, 0) is 17.8 Å². The molecule has 0 saturated carbocycles. The second-order valence-corrected chi connectivity index (χ2v) is 8.83. The lowest BCUT2D eigenvalue weighted by atomic mass is 9.81. The molecule has 3 N–H and O–H groups in total. The van der Waals surface area contributed by atoms with Crippen LogP contribution >= 0.6 is 11.6 Å². The quantitative estimate of drug-likeness (QED) is 0.711. The van der Waals surface area contributed by atoms with Crippen LogP contribution in [0.3, 0.4) is 0 Å². The number of rotatable bonds is 3. The van der Waals surface area contributed by atoms with E-state index in [9.17, 15) is 4.79 Å². The summed E-state index contributed by atoms with van der Waals surface area (Å²) in [5.41, 5.74) is 3.82. The lowest BCUT2D eigenvalue weighted by Gasteiger charge is -2.47. The van der Waals surface area contributed by atoms with E-state index >= 15 is 0 Å². The van der Waals surface area contributed by atoms with Gasteiger partial charge < -0.3 is 10.6 Å². The van der Waals surface area contributed by atoms with Crippen molar-refractivity contribution >= 4 is 23.6 Å². The first-order valence-electron chi connectivity index (χ1n) is 10.7. The van der Waals surface area contributed by atoms with Crippen LogP contribution in [0.25, 0.3) is 6.08 Å². The van der Waals surface area contributed by atoms with Crippen molar-refractivity contribution in [1.82, 2.24) is 20.9 Å². The molecule has 5 nitrogen and oxygen atoms in total. The molecule has 0 aromatic heterocycles. The van der Waals surface area contributed by atoms with E-state index in [4.69, 9.17) is 11.6 Å². The number of nitrogens with one attached hydrogen (secondary N) is 3. The molecule has 2 aromatic rings. The summed E-state index contributed by atoms with van der Waals surface area (Å²) in [5.74, 6) is 0.184. The lowest BCUT2D eigenvalue weighted by molar-refractivity contribution is -0.136. The van der Waals surface area contributed by atoms with Crippen LogP contribution in [0.15, 0.2) is 54.6 Å². The number of halogens is 1. The molecule has 3 aliphatic rings. The summed E-state index contributed by atoms with van der Waals surface area (Å²) >= 11 is 6.10. The standard InChI is InChI=1S/C24H27ClN4O/c25-20-7-3-4-16(14-20)8-9-18-10-12-26-22-21(18)23(30)28-24(27-22)29-13-11-17-5-1-2-6-19(17)15-29/h1-9,14,18,21-22,24,26-27H,10-13,15H2,(H,28,30)/b9-8+. The SMILES string of the molecule is O=C1NC(N2CCc3ccccc3C2)NC2NCCC(/C=C/c3cccc(Cl)c3)C12. The molecule has 156 valence electrons. The maximum atomic E-state index is 13.1. The van der Waals surface area contributed by atoms with E-state index in [2.05, 4.69) is 57.3 Å². The van der Waals surface area contributed by atoms with Crippen molar-refractivity contribution in [3.8, 4) is 0 Å². The fraction of sp³-hybridized carbons (Fsp3) is 0.375. The molecule has 2 aromatic carbocycles. The summed E-state index contributed by atoms with van der Waals surface area (Å²) in [6.07, 6.45) is 6.04. The van der Waals surface area contributed by atoms with Crippen molar-refractivity contribution in [2.45, 2.75) is 31.8 Å². The number of carbonyl (C=O) groups is 1. The van der Waals surface area contributed by atoms with Gasteiger partial charge in [-0.25, -0.2) is 0 Å². The second-order valence-electron chi connectivity index (χ2n) is 8.39. The number of amides is 1. The monoisotopic (exact) mass is 422 g/mol. The summed E-state index contributed by atoms with van der Waals surface area (Å²) in [7, 11) is 0. The Morgan fingerprint density at radius 2 is 1.97 bits per heavy atom. The largest absolute Gasteiger partial charge is 0.328 e. The van der Waals surface area contributed by atoms with Gasteiger partial charge in [0, 0.05) is 18.1 Å². The number of allylic oxidation sites excluding steroid dienone is 1. The highest BCUT2D eigenvalue weighted by Gasteiger charge is 2.43. The topological polar surface area (TPSA) is 56.4 Å². The Balaban J connectivity index is 1.28. The van der Waals surface area contributed by atoms with Gasteiger partial charge in [0.2, 0.25) is 5.91 Å². The van der Waals surface area contributed by atoms with Crippen molar-refractivity contribution in [1.29, 1.82) is 0 Å². The minimum Gasteiger partial charge on any atom is -0.328 e. The zero-order valence-corrected chi connectivity index (χ0v) is 17.6. The maximum absolute atomic E-state index is 13.1. The molecule has 2 fully saturated rings. The van der Waals surface area contributed by atoms with E-state index in [1.807, 2.05) is 24.3 Å². The van der Waals surface area contributed by atoms with Crippen LogP contribution in [0.4, 0.5) is 0 Å². The van der Waals surface area contributed by atoms with Crippen molar-refractivity contribution in [3.63, 3.8) is 0 Å². The van der Waals surface area contributed by atoms with E-state index in [0.29, 0.717) is 0 Å². The molecular formula is C24H27ClN4O. The highest BCUT2D eigenvalue weighted by Crippen LogP contribution is 2.29. The van der Waals surface area contributed by atoms with Crippen molar-refractivity contribution < 1.29 is 4.79 Å². The summed E-state index contributed by atoms with van der Waals surface area (Å²) in [6, 6.07) is 16.4. The molecule has 30 heavy (non-hydrogen) atoms. The van der Waals surface area contributed by atoms with Crippen LogP contribution in [0, 0.1) is 11.8 Å². The molecule has 6 heteroatoms. The average Bonchev–Trinajstić information content (AvgIpc) is 2.77. The third-order valence-corrected chi connectivity index (χ3v) is 6.73. The second kappa shape index (κ2) is 8.52. The van der Waals surface area contributed by atoms with Crippen molar-refractivity contribution in [2.75, 3.05) is 13.1 Å². The smallest absolute Gasteiger partial charge is 0.228 e. The number of fused-ring (bicyclic) bond motifs is 2. The summed E-state index contributed by atoms with van der Waals surface area (Å²) in [6.45, 7) is 2.68. The summed E-state index contributed by atoms with van der Waals surface area (Å²) < 4.78 is 0. The van der Waals surface area contributed by atoms with Gasteiger partial charge in [0.15, 0.2) is 0 Å². The number of carbonyl (C=O) groups excluding carboxylic acids is 1. The van der Waals surface area contributed by atoms with E-state index in [1.165, 1.54) is 11.1 Å². The minimum atomic E-state index is -0.143. The van der Waals surface area contributed by atoms with Crippen molar-refractivity contribution in [2.24, 2.45) is 11.8 Å². The molecule has 4 unspecified atom stereocenters. The van der Waals surface area contributed by atoms with Crippen LogP contribution in [0.1, 0.15) is 23.1 Å². The van der Waals surface area contributed by atoms with E-state index < -0.39 is 0 Å². The lowest BCUT2D eigenvalue weighted by Crippen LogP contribution is -2.72. The Kier molecular flexibility index (Phi) is 5.61. The molecule has 4 atom stereocenters. The Morgan fingerprint density at radius 3 is 2.83 bits per heavy atom. The number of hydrogen-bond acceptors (Lipinski definition) is 4. The third kappa shape index (κ3) is 4.03. The van der Waals surface area contributed by atoms with Gasteiger partial charge in [-0.3, -0.25) is 15.0 Å². The highest BCUT2D eigenvalue weighted by atomic mass is 35.5. The molecule has 0 spiro atoms. The van der Waals surface area contributed by atoms with Crippen LogP contribution in [0.2, 0.25) is 5.02 Å². The fourth-order valence-corrected chi connectivity index (χ4v) is 5.10. The molecule has 0 bridgehead atoms. The molecule has 0 aliphatic carbocycles. The Bertz CT molecular complexity index is 962. The van der Waals surface area contributed by atoms with Crippen LogP contribution < -0.4 is 16.0 Å². The molecule has 1 amide bonds. The van der Waals surface area contributed by atoms with E-state index in [-0.39, 0.29) is 30.2 Å². The summed E-state index contributed by atoms with van der Waals surface area (Å²) in [5, 5.41) is 11.1. The van der Waals surface area contributed by atoms with Gasteiger partial charge in [0.05, 0.1) is 12.1 Å². The van der Waals surface area contributed by atoms with Gasteiger partial charge in [-0.2, -0.15) is 0 Å². The molecule has 5 rings (SSSR count). The number of piperidine rings is 1. The first kappa shape index (κ1) is 19.8. The molecule has 2 saturated heterocycles. The van der Waals surface area contributed by atoms with Crippen LogP contribution in [-0.4, -0.2) is 36.4 Å². The molecule has 3 heterocycles. The normalized spacial score (nSPS) is 29.3. The predicted octanol–water partition coefficient (Wildman–Crippen LogP) is 2.97. The van der Waals surface area contributed by atoms with Gasteiger partial charge >= 0.3 is 0 Å². The van der Waals surface area contributed by atoms with Gasteiger partial charge in [-0.05, 0) is 54.1 Å². The fourth-order valence-electron chi connectivity index (χ4n) is 4.91. The van der Waals surface area contributed by atoms with Gasteiger partial charge in [0.25, 0.3) is 0 Å². The molecule has 3 aliphatic heterocycles. The Labute approximate surface area is 182 Å². The average molecular weight is 423 g/mol. The van der Waals surface area contributed by atoms with Gasteiger partial charge in [0.1, 0.15) is 6.29 Å². The maximum Gasteiger partial charge on any atom is 0.228 e. The van der Waals surface area contributed by atoms with E-state index in [1.54, 1.807) is 0 Å². The van der Waals surface area contributed by atoms with E-state index in [0.717, 1.165) is 43.1 Å². The molecular weight excluding hydrogens is 396 g/mol. The minimum absolute atomic E-state index is 0.0244. The van der Waals surface area contributed by atoms with Gasteiger partial charge in [-0.15, -0.1) is 0 Å². The predicted molar refractivity (Wildman–Crippen MR) is 119 cm³/mol. The first-order valence-corrected chi connectivity index (χ1v) is 11.1. The zero-order chi connectivity index (χ0) is 20.5. The summed E-state index contributed by atoms with van der Waals surface area (Å²) in [4.78, 5) is 15.5. The zero-order valence-electron chi connectivity index (χ0n) is 16.9. The molecule has 0 radical (unpaired) electrons. The Hall–Kier alpha value is -2.18. The first-order chi connectivity index (χ1) is 14.7. The number of hydrogen-bond donors (Lipinski definition) is 3.